The molecule has 0 radical (unpaired) electrons. The highest BCUT2D eigenvalue weighted by Crippen LogP contribution is 2.41. The summed E-state index contributed by atoms with van der Waals surface area (Å²) in [7, 11) is 0.229. The fourth-order valence-corrected chi connectivity index (χ4v) is 4.09. The minimum atomic E-state index is -3.03. The molecule has 4 nitrogen and oxygen atoms in total. The average Bonchev–Trinajstić information content (AvgIpc) is 2.18. The molecule has 3 fully saturated rings. The summed E-state index contributed by atoms with van der Waals surface area (Å²) in [5.41, 5.74) is 0.0812. The minimum Gasteiger partial charge on any atom is -0.303 e. The smallest absolute Gasteiger partial charge is 0.214 e. The zero-order valence-electron chi connectivity index (χ0n) is 9.57. The maximum Gasteiger partial charge on any atom is 0.214 e. The van der Waals surface area contributed by atoms with Crippen LogP contribution in [-0.4, -0.2) is 57.1 Å². The van der Waals surface area contributed by atoms with E-state index in [-0.39, 0.29) is 5.41 Å². The van der Waals surface area contributed by atoms with Crippen molar-refractivity contribution < 1.29 is 8.42 Å². The first kappa shape index (κ1) is 11.4. The molecule has 0 atom stereocenters. The standard InChI is InChI=1S/C10H20N2O2S/c1-11(2)15(13,14)9-10-3-6-12(7-4-10)8-5-10/h3-9H2,1-2H3. The highest BCUT2D eigenvalue weighted by Gasteiger charge is 2.42. The third-order valence-corrected chi connectivity index (χ3v) is 6.01. The van der Waals surface area contributed by atoms with Crippen molar-refractivity contribution in [3.63, 3.8) is 0 Å². The van der Waals surface area contributed by atoms with Gasteiger partial charge in [-0.1, -0.05) is 0 Å². The predicted octanol–water partition coefficient (Wildman–Crippen LogP) is 0.364. The molecule has 3 rings (SSSR count). The lowest BCUT2D eigenvalue weighted by molar-refractivity contribution is 0.0422. The van der Waals surface area contributed by atoms with Crippen molar-refractivity contribution in [1.29, 1.82) is 0 Å². The van der Waals surface area contributed by atoms with Crippen LogP contribution in [0.2, 0.25) is 0 Å². The topological polar surface area (TPSA) is 40.6 Å². The molecule has 88 valence electrons. The van der Waals surface area contributed by atoms with E-state index in [9.17, 15) is 8.42 Å². The van der Waals surface area contributed by atoms with Crippen LogP contribution in [0.4, 0.5) is 0 Å². The SMILES string of the molecule is CN(C)S(=O)(=O)CC12CCN(CC1)CC2. The van der Waals surface area contributed by atoms with Gasteiger partial charge in [0.1, 0.15) is 0 Å². The van der Waals surface area contributed by atoms with Crippen LogP contribution < -0.4 is 0 Å². The lowest BCUT2D eigenvalue weighted by Crippen LogP contribution is -2.51. The van der Waals surface area contributed by atoms with Crippen molar-refractivity contribution in [2.75, 3.05) is 39.5 Å². The zero-order valence-corrected chi connectivity index (χ0v) is 10.4. The molecule has 15 heavy (non-hydrogen) atoms. The lowest BCUT2D eigenvalue weighted by Gasteiger charge is -2.48. The molecule has 3 heterocycles. The number of nitrogens with zero attached hydrogens (tertiary/aromatic N) is 2. The van der Waals surface area contributed by atoms with Crippen LogP contribution in [0, 0.1) is 5.41 Å². The fourth-order valence-electron chi connectivity index (χ4n) is 2.63. The summed E-state index contributed by atoms with van der Waals surface area (Å²) in [5, 5.41) is 0. The maximum atomic E-state index is 11.9. The number of fused-ring (bicyclic) bond motifs is 3. The van der Waals surface area contributed by atoms with Gasteiger partial charge in [0, 0.05) is 14.1 Å². The summed E-state index contributed by atoms with van der Waals surface area (Å²) < 4.78 is 25.1. The third kappa shape index (κ3) is 2.19. The lowest BCUT2D eigenvalue weighted by atomic mass is 9.74. The number of piperidine rings is 3. The van der Waals surface area contributed by atoms with Crippen molar-refractivity contribution >= 4 is 10.0 Å². The van der Waals surface area contributed by atoms with Crippen molar-refractivity contribution in [3.05, 3.63) is 0 Å². The van der Waals surface area contributed by atoms with Gasteiger partial charge in [0.15, 0.2) is 0 Å². The molecule has 3 saturated heterocycles. The molecular weight excluding hydrogens is 212 g/mol. The molecule has 2 bridgehead atoms. The molecule has 0 aliphatic carbocycles. The molecule has 0 unspecified atom stereocenters. The second kappa shape index (κ2) is 3.71. The zero-order chi connectivity index (χ0) is 11.1. The van der Waals surface area contributed by atoms with Gasteiger partial charge >= 0.3 is 0 Å². The Morgan fingerprint density at radius 3 is 2.00 bits per heavy atom. The largest absolute Gasteiger partial charge is 0.303 e. The van der Waals surface area contributed by atoms with Crippen LogP contribution in [0.5, 0.6) is 0 Å². The van der Waals surface area contributed by atoms with Gasteiger partial charge in [-0.3, -0.25) is 0 Å². The van der Waals surface area contributed by atoms with Gasteiger partial charge in [-0.15, -0.1) is 0 Å². The van der Waals surface area contributed by atoms with Gasteiger partial charge in [-0.25, -0.2) is 12.7 Å². The van der Waals surface area contributed by atoms with E-state index in [4.69, 9.17) is 0 Å². The van der Waals surface area contributed by atoms with E-state index in [1.54, 1.807) is 14.1 Å². The number of rotatable bonds is 3. The molecule has 3 aliphatic rings. The van der Waals surface area contributed by atoms with Crippen LogP contribution >= 0.6 is 0 Å². The first-order valence-corrected chi connectivity index (χ1v) is 7.17. The second-order valence-corrected chi connectivity index (χ2v) is 7.31. The van der Waals surface area contributed by atoms with Crippen LogP contribution in [0.1, 0.15) is 19.3 Å². The summed E-state index contributed by atoms with van der Waals surface area (Å²) in [5.74, 6) is 0.348. The molecule has 0 N–H and O–H groups in total. The van der Waals surface area contributed by atoms with Crippen LogP contribution in [-0.2, 0) is 10.0 Å². The van der Waals surface area contributed by atoms with Gasteiger partial charge in [0.05, 0.1) is 5.75 Å². The van der Waals surface area contributed by atoms with Gasteiger partial charge < -0.3 is 4.90 Å². The van der Waals surface area contributed by atoms with Gasteiger partial charge in [-0.2, -0.15) is 0 Å². The normalized spacial score (nSPS) is 36.1. The molecule has 0 aromatic carbocycles. The molecule has 0 saturated carbocycles. The number of sulfonamides is 1. The Bertz CT molecular complexity index is 316. The van der Waals surface area contributed by atoms with E-state index in [1.165, 1.54) is 4.31 Å². The molecule has 3 aliphatic heterocycles. The third-order valence-electron chi connectivity index (χ3n) is 3.92. The number of hydrogen-bond acceptors (Lipinski definition) is 3. The fraction of sp³-hybridized carbons (Fsp3) is 1.00. The Morgan fingerprint density at radius 1 is 1.13 bits per heavy atom. The minimum absolute atomic E-state index is 0.0812. The first-order chi connectivity index (χ1) is 6.94. The van der Waals surface area contributed by atoms with Crippen molar-refractivity contribution in [3.8, 4) is 0 Å². The second-order valence-electron chi connectivity index (χ2n) is 5.13. The molecule has 0 aromatic heterocycles. The number of hydrogen-bond donors (Lipinski definition) is 0. The van der Waals surface area contributed by atoms with Crippen LogP contribution in [0.15, 0.2) is 0 Å². The summed E-state index contributed by atoms with van der Waals surface area (Å²) in [6.07, 6.45) is 3.17. The molecular formula is C10H20N2O2S. The Labute approximate surface area is 92.3 Å². The average molecular weight is 232 g/mol. The van der Waals surface area contributed by atoms with Crippen molar-refractivity contribution in [2.24, 2.45) is 5.41 Å². The van der Waals surface area contributed by atoms with E-state index in [2.05, 4.69) is 4.90 Å². The molecule has 5 heteroatoms. The molecule has 0 aromatic rings. The Hall–Kier alpha value is -0.130. The highest BCUT2D eigenvalue weighted by molar-refractivity contribution is 7.89. The maximum absolute atomic E-state index is 11.9. The molecule has 0 spiro atoms. The predicted molar refractivity (Wildman–Crippen MR) is 60.2 cm³/mol. The van der Waals surface area contributed by atoms with Crippen molar-refractivity contribution in [2.45, 2.75) is 19.3 Å². The van der Waals surface area contributed by atoms with E-state index in [1.807, 2.05) is 0 Å². The summed E-state index contributed by atoms with van der Waals surface area (Å²) >= 11 is 0. The summed E-state index contributed by atoms with van der Waals surface area (Å²) in [4.78, 5) is 2.43. The van der Waals surface area contributed by atoms with Gasteiger partial charge in [0.2, 0.25) is 10.0 Å². The van der Waals surface area contributed by atoms with E-state index >= 15 is 0 Å². The van der Waals surface area contributed by atoms with Gasteiger partial charge in [-0.05, 0) is 44.3 Å². The summed E-state index contributed by atoms with van der Waals surface area (Å²) in [6.45, 7) is 3.26. The van der Waals surface area contributed by atoms with Crippen LogP contribution in [0.25, 0.3) is 0 Å². The van der Waals surface area contributed by atoms with E-state index in [0.717, 1.165) is 38.9 Å². The van der Waals surface area contributed by atoms with Gasteiger partial charge in [0.25, 0.3) is 0 Å². The monoisotopic (exact) mass is 232 g/mol. The van der Waals surface area contributed by atoms with E-state index in [0.29, 0.717) is 5.75 Å². The Kier molecular flexibility index (Phi) is 2.81. The quantitative estimate of drug-likeness (QED) is 0.705. The van der Waals surface area contributed by atoms with E-state index < -0.39 is 10.0 Å². The Balaban J connectivity index is 2.10. The molecule has 0 amide bonds. The Morgan fingerprint density at radius 2 is 1.60 bits per heavy atom. The summed E-state index contributed by atoms with van der Waals surface area (Å²) in [6, 6.07) is 0. The first-order valence-electron chi connectivity index (χ1n) is 5.56. The van der Waals surface area contributed by atoms with Crippen LogP contribution in [0.3, 0.4) is 0 Å². The van der Waals surface area contributed by atoms with Crippen molar-refractivity contribution in [1.82, 2.24) is 9.21 Å². The highest BCUT2D eigenvalue weighted by atomic mass is 32.2.